The van der Waals surface area contributed by atoms with E-state index >= 15 is 0 Å². The van der Waals surface area contributed by atoms with Crippen LogP contribution in [0.15, 0.2) is 42.7 Å². The molecule has 4 rings (SSSR count). The Morgan fingerprint density at radius 1 is 1.16 bits per heavy atom. The van der Waals surface area contributed by atoms with Gasteiger partial charge in [-0.25, -0.2) is 9.78 Å². The number of imidazole rings is 1. The minimum absolute atomic E-state index is 0.0118. The molecular weight excluding hydrogens is 318 g/mol. The molecule has 6 nitrogen and oxygen atoms in total. The lowest BCUT2D eigenvalue weighted by Gasteiger charge is -2.09. The summed E-state index contributed by atoms with van der Waals surface area (Å²) < 4.78 is 1.57. The fourth-order valence-electron chi connectivity index (χ4n) is 3.42. The van der Waals surface area contributed by atoms with Crippen LogP contribution in [0, 0.1) is 0 Å². The van der Waals surface area contributed by atoms with Gasteiger partial charge in [-0.15, -0.1) is 0 Å². The molecule has 0 saturated carbocycles. The first-order valence-electron chi connectivity index (χ1n) is 8.20. The zero-order valence-electron chi connectivity index (χ0n) is 13.5. The average molecular weight is 335 g/mol. The second-order valence-corrected chi connectivity index (χ2v) is 6.24. The van der Waals surface area contributed by atoms with E-state index in [1.54, 1.807) is 16.7 Å². The maximum Gasteiger partial charge on any atom is 0.337 e. The number of carboxylic acids is 1. The second kappa shape index (κ2) is 6.05. The molecule has 3 aromatic rings. The third-order valence-electron chi connectivity index (χ3n) is 4.56. The summed E-state index contributed by atoms with van der Waals surface area (Å²) in [7, 11) is 0. The van der Waals surface area contributed by atoms with E-state index in [4.69, 9.17) is 0 Å². The number of benzene rings is 2. The molecule has 0 aliphatic heterocycles. The predicted octanol–water partition coefficient (Wildman–Crippen LogP) is 2.86. The van der Waals surface area contributed by atoms with Crippen LogP contribution in [-0.2, 0) is 24.2 Å². The molecule has 0 bridgehead atoms. The Kier molecular flexibility index (Phi) is 3.72. The molecule has 126 valence electrons. The second-order valence-electron chi connectivity index (χ2n) is 6.24. The number of carbonyl (C=O) groups is 2. The van der Waals surface area contributed by atoms with Crippen molar-refractivity contribution in [2.75, 3.05) is 5.32 Å². The molecule has 0 atom stereocenters. The molecule has 6 heteroatoms. The number of aryl methyl sites for hydroxylation is 2. The van der Waals surface area contributed by atoms with Crippen molar-refractivity contribution < 1.29 is 14.7 Å². The van der Waals surface area contributed by atoms with Gasteiger partial charge in [0.25, 0.3) is 0 Å². The van der Waals surface area contributed by atoms with Crippen molar-refractivity contribution in [2.45, 2.75) is 25.8 Å². The lowest BCUT2D eigenvalue weighted by atomic mass is 10.1. The van der Waals surface area contributed by atoms with E-state index in [9.17, 15) is 14.7 Å². The van der Waals surface area contributed by atoms with Crippen LogP contribution in [0.5, 0.6) is 0 Å². The molecule has 0 fully saturated rings. The minimum Gasteiger partial charge on any atom is -0.478 e. The number of aromatic carboxylic acids is 1. The van der Waals surface area contributed by atoms with Crippen LogP contribution in [0.3, 0.4) is 0 Å². The summed E-state index contributed by atoms with van der Waals surface area (Å²) in [5.74, 6) is -1.25. The van der Waals surface area contributed by atoms with Crippen LogP contribution in [0.1, 0.15) is 27.9 Å². The number of hydrogen-bond donors (Lipinski definition) is 2. The summed E-state index contributed by atoms with van der Waals surface area (Å²) in [6, 6.07) is 10.9. The number of carbonyl (C=O) groups excluding carboxylic acids is 1. The average Bonchev–Trinajstić information content (AvgIpc) is 3.21. The van der Waals surface area contributed by atoms with Gasteiger partial charge in [-0.2, -0.15) is 0 Å². The van der Waals surface area contributed by atoms with Crippen molar-refractivity contribution in [3.05, 3.63) is 59.4 Å². The molecule has 1 aliphatic rings. The molecule has 0 saturated heterocycles. The highest BCUT2D eigenvalue weighted by Crippen LogP contribution is 2.25. The fourth-order valence-corrected chi connectivity index (χ4v) is 3.42. The van der Waals surface area contributed by atoms with Crippen LogP contribution in [-0.4, -0.2) is 26.5 Å². The first kappa shape index (κ1) is 15.4. The van der Waals surface area contributed by atoms with Crippen molar-refractivity contribution in [1.82, 2.24) is 9.55 Å². The third kappa shape index (κ3) is 2.87. The normalized spacial score (nSPS) is 13.0. The third-order valence-corrected chi connectivity index (χ3v) is 4.56. The van der Waals surface area contributed by atoms with Crippen molar-refractivity contribution in [3.63, 3.8) is 0 Å². The number of rotatable bonds is 4. The van der Waals surface area contributed by atoms with Gasteiger partial charge in [-0.1, -0.05) is 12.1 Å². The quantitative estimate of drug-likeness (QED) is 0.768. The van der Waals surface area contributed by atoms with Gasteiger partial charge in [0.2, 0.25) is 5.91 Å². The Balaban J connectivity index is 1.57. The van der Waals surface area contributed by atoms with E-state index < -0.39 is 5.97 Å². The molecule has 1 aromatic heterocycles. The van der Waals surface area contributed by atoms with Gasteiger partial charge in [0.1, 0.15) is 6.54 Å². The van der Waals surface area contributed by atoms with Gasteiger partial charge < -0.3 is 15.0 Å². The zero-order valence-corrected chi connectivity index (χ0v) is 13.5. The number of carboxylic acid groups (broad SMARTS) is 1. The molecule has 0 spiro atoms. The predicted molar refractivity (Wildman–Crippen MR) is 93.8 cm³/mol. The maximum atomic E-state index is 12.4. The van der Waals surface area contributed by atoms with E-state index in [1.807, 2.05) is 12.1 Å². The number of para-hydroxylation sites is 1. The van der Waals surface area contributed by atoms with E-state index in [2.05, 4.69) is 16.4 Å². The SMILES string of the molecule is O=C(Cn1cnc2cccc(C(=O)O)c21)Nc1ccc2c(c1)CCC2. The highest BCUT2D eigenvalue weighted by molar-refractivity contribution is 6.01. The van der Waals surface area contributed by atoms with E-state index in [0.29, 0.717) is 11.0 Å². The minimum atomic E-state index is -1.04. The monoisotopic (exact) mass is 335 g/mol. The Bertz CT molecular complexity index is 991. The van der Waals surface area contributed by atoms with Gasteiger partial charge in [0.05, 0.1) is 22.9 Å². The summed E-state index contributed by atoms with van der Waals surface area (Å²) in [6.45, 7) is 0.0118. The fraction of sp³-hybridized carbons (Fsp3) is 0.211. The van der Waals surface area contributed by atoms with Crippen LogP contribution in [0.2, 0.25) is 0 Å². The topological polar surface area (TPSA) is 84.2 Å². The van der Waals surface area contributed by atoms with Crippen molar-refractivity contribution in [2.24, 2.45) is 0 Å². The molecule has 1 amide bonds. The summed E-state index contributed by atoms with van der Waals surface area (Å²) in [5.41, 5.74) is 4.57. The summed E-state index contributed by atoms with van der Waals surface area (Å²) in [6.07, 6.45) is 4.81. The molecule has 2 aromatic carbocycles. The smallest absolute Gasteiger partial charge is 0.337 e. The molecule has 2 N–H and O–H groups in total. The van der Waals surface area contributed by atoms with E-state index in [1.165, 1.54) is 23.5 Å². The van der Waals surface area contributed by atoms with Crippen LogP contribution in [0.25, 0.3) is 11.0 Å². The van der Waals surface area contributed by atoms with Gasteiger partial charge in [-0.05, 0) is 54.7 Å². The molecule has 1 aliphatic carbocycles. The zero-order chi connectivity index (χ0) is 17.4. The van der Waals surface area contributed by atoms with Gasteiger partial charge >= 0.3 is 5.97 Å². The lowest BCUT2D eigenvalue weighted by molar-refractivity contribution is -0.116. The van der Waals surface area contributed by atoms with Gasteiger partial charge in [0.15, 0.2) is 0 Å². The highest BCUT2D eigenvalue weighted by atomic mass is 16.4. The Morgan fingerprint density at radius 2 is 2.00 bits per heavy atom. The Hall–Kier alpha value is -3.15. The molecule has 25 heavy (non-hydrogen) atoms. The number of anilines is 1. The summed E-state index contributed by atoms with van der Waals surface area (Å²) in [4.78, 5) is 28.0. The number of aromatic nitrogens is 2. The molecule has 0 radical (unpaired) electrons. The van der Waals surface area contributed by atoms with Crippen LogP contribution in [0.4, 0.5) is 5.69 Å². The molecule has 1 heterocycles. The molecule has 0 unspecified atom stereocenters. The number of nitrogens with zero attached hydrogens (tertiary/aromatic N) is 2. The van der Waals surface area contributed by atoms with Gasteiger partial charge in [-0.3, -0.25) is 4.79 Å². The van der Waals surface area contributed by atoms with Crippen molar-refractivity contribution in [3.8, 4) is 0 Å². The largest absolute Gasteiger partial charge is 0.478 e. The standard InChI is InChI=1S/C19H17N3O3/c23-17(21-14-8-7-12-3-1-4-13(12)9-14)10-22-11-20-16-6-2-5-15(18(16)22)19(24)25/h2,5-9,11H,1,3-4,10H2,(H,21,23)(H,24,25). The molecular formula is C19H17N3O3. The van der Waals surface area contributed by atoms with Crippen molar-refractivity contribution >= 4 is 28.6 Å². The first-order chi connectivity index (χ1) is 12.1. The highest BCUT2D eigenvalue weighted by Gasteiger charge is 2.16. The lowest BCUT2D eigenvalue weighted by Crippen LogP contribution is -2.19. The first-order valence-corrected chi connectivity index (χ1v) is 8.20. The van der Waals surface area contributed by atoms with Gasteiger partial charge in [0, 0.05) is 5.69 Å². The number of hydrogen-bond acceptors (Lipinski definition) is 3. The van der Waals surface area contributed by atoms with Crippen molar-refractivity contribution in [1.29, 1.82) is 0 Å². The number of amides is 1. The van der Waals surface area contributed by atoms with E-state index in [-0.39, 0.29) is 18.0 Å². The number of fused-ring (bicyclic) bond motifs is 2. The number of nitrogens with one attached hydrogen (secondary N) is 1. The Labute approximate surface area is 144 Å². The van der Waals surface area contributed by atoms with Crippen LogP contribution < -0.4 is 5.32 Å². The Morgan fingerprint density at radius 3 is 2.84 bits per heavy atom. The van der Waals surface area contributed by atoms with E-state index in [0.717, 1.165) is 24.9 Å². The summed E-state index contributed by atoms with van der Waals surface area (Å²) >= 11 is 0. The van der Waals surface area contributed by atoms with Crippen LogP contribution >= 0.6 is 0 Å². The maximum absolute atomic E-state index is 12.4. The summed E-state index contributed by atoms with van der Waals surface area (Å²) in [5, 5.41) is 12.2.